The second-order valence-electron chi connectivity index (χ2n) is 3.93. The zero-order valence-corrected chi connectivity index (χ0v) is 12.4. The molecule has 0 aliphatic heterocycles. The van der Waals surface area contributed by atoms with Crippen LogP contribution in [0, 0.1) is 0 Å². The van der Waals surface area contributed by atoms with E-state index < -0.39 is 5.97 Å². The van der Waals surface area contributed by atoms with Crippen LogP contribution in [0.15, 0.2) is 12.4 Å². The van der Waals surface area contributed by atoms with Gasteiger partial charge in [0.2, 0.25) is 5.28 Å². The third kappa shape index (κ3) is 3.88. The Morgan fingerprint density at radius 1 is 1.33 bits per heavy atom. The van der Waals surface area contributed by atoms with E-state index in [1.807, 2.05) is 6.92 Å². The van der Waals surface area contributed by atoms with Gasteiger partial charge in [0, 0.05) is 6.20 Å². The van der Waals surface area contributed by atoms with Gasteiger partial charge in [-0.3, -0.25) is 0 Å². The third-order valence-corrected chi connectivity index (χ3v) is 2.48. The fraction of sp³-hybridized carbons (Fsp3) is 0.417. The van der Waals surface area contributed by atoms with Crippen LogP contribution in [-0.2, 0) is 4.74 Å². The van der Waals surface area contributed by atoms with Gasteiger partial charge in [0.1, 0.15) is 0 Å². The van der Waals surface area contributed by atoms with Crippen LogP contribution in [-0.4, -0.2) is 43.9 Å². The first-order valence-corrected chi connectivity index (χ1v) is 6.78. The summed E-state index contributed by atoms with van der Waals surface area (Å²) < 4.78 is 11.5. The van der Waals surface area contributed by atoms with Gasteiger partial charge in [0.25, 0.3) is 5.95 Å². The maximum Gasteiger partial charge on any atom is 0.341 e. The number of hydrogen-bond acceptors (Lipinski definition) is 7. The van der Waals surface area contributed by atoms with Gasteiger partial charge < -0.3 is 9.47 Å². The highest BCUT2D eigenvalue weighted by Crippen LogP contribution is 2.12. The van der Waals surface area contributed by atoms with E-state index >= 15 is 0 Å². The maximum atomic E-state index is 11.6. The van der Waals surface area contributed by atoms with Gasteiger partial charge in [-0.05, 0) is 24.9 Å². The standard InChI is InChI=1S/C12H14ClN5O3/c1-3-5-21-12-16-10(13)15-11(17-12)18-7-8(6-14-18)9(19)20-4-2/h6-7H,3-5H2,1-2H3. The lowest BCUT2D eigenvalue weighted by Crippen LogP contribution is -2.08. The Morgan fingerprint density at radius 2 is 2.14 bits per heavy atom. The molecule has 0 saturated carbocycles. The van der Waals surface area contributed by atoms with Crippen LogP contribution in [0.1, 0.15) is 30.6 Å². The van der Waals surface area contributed by atoms with Crippen LogP contribution in [0.25, 0.3) is 5.95 Å². The van der Waals surface area contributed by atoms with Crippen LogP contribution in [0.2, 0.25) is 5.28 Å². The molecule has 2 heterocycles. The number of aromatic nitrogens is 5. The van der Waals surface area contributed by atoms with Crippen LogP contribution >= 0.6 is 11.6 Å². The molecule has 2 rings (SSSR count). The molecule has 9 heteroatoms. The Kier molecular flexibility index (Phi) is 5.04. The molecule has 0 radical (unpaired) electrons. The zero-order valence-electron chi connectivity index (χ0n) is 11.6. The average Bonchev–Trinajstić information content (AvgIpc) is 2.95. The molecule has 8 nitrogen and oxygen atoms in total. The SMILES string of the molecule is CCCOc1nc(Cl)nc(-n2cc(C(=O)OCC)cn2)n1. The summed E-state index contributed by atoms with van der Waals surface area (Å²) in [7, 11) is 0. The summed E-state index contributed by atoms with van der Waals surface area (Å²) in [6.45, 7) is 4.44. The van der Waals surface area contributed by atoms with E-state index in [1.54, 1.807) is 6.92 Å². The van der Waals surface area contributed by atoms with Crippen molar-refractivity contribution in [3.63, 3.8) is 0 Å². The monoisotopic (exact) mass is 311 g/mol. The number of carbonyl (C=O) groups excluding carboxylic acids is 1. The minimum atomic E-state index is -0.466. The zero-order chi connectivity index (χ0) is 15.2. The third-order valence-electron chi connectivity index (χ3n) is 2.31. The second-order valence-corrected chi connectivity index (χ2v) is 4.27. The summed E-state index contributed by atoms with van der Waals surface area (Å²) in [5, 5.41) is 3.99. The number of ether oxygens (including phenoxy) is 2. The van der Waals surface area contributed by atoms with Gasteiger partial charge in [-0.1, -0.05) is 6.92 Å². The minimum absolute atomic E-state index is 0.0145. The van der Waals surface area contributed by atoms with Gasteiger partial charge in [-0.2, -0.15) is 20.1 Å². The Balaban J connectivity index is 2.25. The molecule has 0 atom stereocenters. The quantitative estimate of drug-likeness (QED) is 0.749. The molecule has 21 heavy (non-hydrogen) atoms. The van der Waals surface area contributed by atoms with Gasteiger partial charge in [-0.25, -0.2) is 9.48 Å². The number of nitrogens with zero attached hydrogens (tertiary/aromatic N) is 5. The lowest BCUT2D eigenvalue weighted by molar-refractivity contribution is 0.0526. The van der Waals surface area contributed by atoms with Gasteiger partial charge in [0.05, 0.1) is 25.0 Å². The highest BCUT2D eigenvalue weighted by molar-refractivity contribution is 6.28. The van der Waals surface area contributed by atoms with Crippen molar-refractivity contribution in [3.05, 3.63) is 23.2 Å². The predicted molar refractivity (Wildman–Crippen MR) is 73.7 cm³/mol. The normalized spacial score (nSPS) is 10.4. The van der Waals surface area contributed by atoms with Crippen LogP contribution in [0.4, 0.5) is 0 Å². The van der Waals surface area contributed by atoms with Crippen molar-refractivity contribution in [2.24, 2.45) is 0 Å². The highest BCUT2D eigenvalue weighted by Gasteiger charge is 2.13. The first-order valence-electron chi connectivity index (χ1n) is 6.40. The van der Waals surface area contributed by atoms with E-state index in [-0.39, 0.29) is 23.8 Å². The van der Waals surface area contributed by atoms with Crippen molar-refractivity contribution in [1.29, 1.82) is 0 Å². The fourth-order valence-corrected chi connectivity index (χ4v) is 1.58. The van der Waals surface area contributed by atoms with E-state index in [0.717, 1.165) is 6.42 Å². The Hall–Kier alpha value is -2.22. The van der Waals surface area contributed by atoms with E-state index in [1.165, 1.54) is 17.1 Å². The summed E-state index contributed by atoms with van der Waals surface area (Å²) in [6, 6.07) is 0.111. The van der Waals surface area contributed by atoms with Crippen molar-refractivity contribution in [2.75, 3.05) is 13.2 Å². The van der Waals surface area contributed by atoms with Gasteiger partial charge in [0.15, 0.2) is 0 Å². The van der Waals surface area contributed by atoms with Gasteiger partial charge in [-0.15, -0.1) is 0 Å². The largest absolute Gasteiger partial charge is 0.463 e. The number of hydrogen-bond donors (Lipinski definition) is 0. The molecule has 0 amide bonds. The summed E-state index contributed by atoms with van der Waals surface area (Å²) in [5.74, 6) is -0.303. The van der Waals surface area contributed by atoms with Crippen molar-refractivity contribution >= 4 is 17.6 Å². The summed E-state index contributed by atoms with van der Waals surface area (Å²) in [5.41, 5.74) is 0.296. The number of halogens is 1. The topological polar surface area (TPSA) is 92.0 Å². The molecule has 0 spiro atoms. The summed E-state index contributed by atoms with van der Waals surface area (Å²) in [4.78, 5) is 23.5. The van der Waals surface area contributed by atoms with Crippen LogP contribution in [0.5, 0.6) is 6.01 Å². The predicted octanol–water partition coefficient (Wildman–Crippen LogP) is 1.68. The molecule has 0 bridgehead atoms. The first-order chi connectivity index (χ1) is 10.1. The average molecular weight is 312 g/mol. The molecule has 0 N–H and O–H groups in total. The van der Waals surface area contributed by atoms with E-state index in [4.69, 9.17) is 21.1 Å². The molecule has 0 aliphatic carbocycles. The number of esters is 1. The van der Waals surface area contributed by atoms with Crippen molar-refractivity contribution < 1.29 is 14.3 Å². The molecule has 0 fully saturated rings. The lowest BCUT2D eigenvalue weighted by Gasteiger charge is -2.04. The number of carbonyl (C=O) groups is 1. The smallest absolute Gasteiger partial charge is 0.341 e. The van der Waals surface area contributed by atoms with Crippen LogP contribution in [0.3, 0.4) is 0 Å². The maximum absolute atomic E-state index is 11.6. The molecule has 2 aromatic heterocycles. The molecule has 0 unspecified atom stereocenters. The Morgan fingerprint density at radius 3 is 2.86 bits per heavy atom. The molecule has 0 saturated heterocycles. The highest BCUT2D eigenvalue weighted by atomic mass is 35.5. The minimum Gasteiger partial charge on any atom is -0.463 e. The lowest BCUT2D eigenvalue weighted by atomic mass is 10.4. The summed E-state index contributed by atoms with van der Waals surface area (Å²) >= 11 is 5.82. The van der Waals surface area contributed by atoms with Crippen molar-refractivity contribution in [2.45, 2.75) is 20.3 Å². The van der Waals surface area contributed by atoms with Gasteiger partial charge >= 0.3 is 12.0 Å². The molecule has 0 aromatic carbocycles. The molecule has 2 aromatic rings. The molecular weight excluding hydrogens is 298 g/mol. The molecular formula is C12H14ClN5O3. The molecule has 112 valence electrons. The number of rotatable bonds is 6. The Bertz CT molecular complexity index is 631. The van der Waals surface area contributed by atoms with Crippen molar-refractivity contribution in [3.8, 4) is 12.0 Å². The Labute approximate surface area is 126 Å². The van der Waals surface area contributed by atoms with Crippen molar-refractivity contribution in [1.82, 2.24) is 24.7 Å². The molecule has 0 aliphatic rings. The van der Waals surface area contributed by atoms with E-state index in [2.05, 4.69) is 20.1 Å². The van der Waals surface area contributed by atoms with E-state index in [0.29, 0.717) is 12.2 Å². The second kappa shape index (κ2) is 6.98. The summed E-state index contributed by atoms with van der Waals surface area (Å²) in [6.07, 6.45) is 3.63. The van der Waals surface area contributed by atoms with E-state index in [9.17, 15) is 4.79 Å². The fourth-order valence-electron chi connectivity index (χ4n) is 1.43. The van der Waals surface area contributed by atoms with Crippen LogP contribution < -0.4 is 4.74 Å². The first kappa shape index (κ1) is 15.2.